The molecule has 9 nitrogen and oxygen atoms in total. The van der Waals surface area contributed by atoms with Gasteiger partial charge in [0.15, 0.2) is 5.60 Å². The SMILES string of the molecule is CNC(=O)C(=O)N[C@H](C)CN1CCC2(CC1)OC(=O)NN=C2c1ccc(F)cc1Br. The van der Waals surface area contributed by atoms with Crippen LogP contribution in [0.3, 0.4) is 0 Å². The second kappa shape index (κ2) is 9.09. The van der Waals surface area contributed by atoms with Gasteiger partial charge in [-0.15, -0.1) is 0 Å². The highest BCUT2D eigenvalue weighted by molar-refractivity contribution is 9.10. The number of hydrazone groups is 1. The van der Waals surface area contributed by atoms with Crippen LogP contribution in [-0.2, 0) is 14.3 Å². The van der Waals surface area contributed by atoms with E-state index in [0.29, 0.717) is 48.2 Å². The monoisotopic (exact) mass is 483 g/mol. The van der Waals surface area contributed by atoms with Crippen LogP contribution in [0, 0.1) is 5.82 Å². The van der Waals surface area contributed by atoms with Gasteiger partial charge in [-0.2, -0.15) is 5.10 Å². The van der Waals surface area contributed by atoms with Crippen LogP contribution >= 0.6 is 15.9 Å². The van der Waals surface area contributed by atoms with E-state index in [1.807, 2.05) is 6.92 Å². The lowest BCUT2D eigenvalue weighted by Crippen LogP contribution is -2.57. The lowest BCUT2D eigenvalue weighted by molar-refractivity contribution is -0.139. The number of carbonyl (C=O) groups excluding carboxylic acids is 3. The number of amides is 3. The predicted octanol–water partition coefficient (Wildman–Crippen LogP) is 1.12. The van der Waals surface area contributed by atoms with E-state index >= 15 is 0 Å². The van der Waals surface area contributed by atoms with Gasteiger partial charge in [0.05, 0.1) is 0 Å². The molecule has 3 rings (SSSR count). The van der Waals surface area contributed by atoms with Crippen molar-refractivity contribution in [3.8, 4) is 0 Å². The zero-order valence-electron chi connectivity index (χ0n) is 16.6. The minimum Gasteiger partial charge on any atom is -0.435 e. The Balaban J connectivity index is 1.69. The molecule has 162 valence electrons. The molecule has 11 heteroatoms. The molecular formula is C19H23BrFN5O4. The van der Waals surface area contributed by atoms with Crippen molar-refractivity contribution in [2.75, 3.05) is 26.7 Å². The first-order chi connectivity index (χ1) is 14.2. The zero-order valence-corrected chi connectivity index (χ0v) is 18.2. The lowest BCUT2D eigenvalue weighted by Gasteiger charge is -2.43. The molecule has 0 saturated carbocycles. The highest BCUT2D eigenvalue weighted by Gasteiger charge is 2.46. The number of carbonyl (C=O) groups is 3. The molecule has 0 aliphatic carbocycles. The van der Waals surface area contributed by atoms with Crippen LogP contribution < -0.4 is 16.1 Å². The van der Waals surface area contributed by atoms with E-state index in [4.69, 9.17) is 4.74 Å². The molecule has 2 heterocycles. The molecule has 0 radical (unpaired) electrons. The molecular weight excluding hydrogens is 461 g/mol. The Morgan fingerprint density at radius 2 is 2.07 bits per heavy atom. The lowest BCUT2D eigenvalue weighted by atomic mass is 9.82. The van der Waals surface area contributed by atoms with Crippen LogP contribution in [0.5, 0.6) is 0 Å². The number of benzene rings is 1. The van der Waals surface area contributed by atoms with Gasteiger partial charge >= 0.3 is 17.9 Å². The van der Waals surface area contributed by atoms with E-state index in [1.165, 1.54) is 19.2 Å². The number of hydrogen-bond donors (Lipinski definition) is 3. The molecule has 1 fully saturated rings. The molecule has 3 N–H and O–H groups in total. The second-order valence-electron chi connectivity index (χ2n) is 7.33. The summed E-state index contributed by atoms with van der Waals surface area (Å²) in [7, 11) is 1.40. The molecule has 1 aromatic carbocycles. The summed E-state index contributed by atoms with van der Waals surface area (Å²) in [4.78, 5) is 37.1. The summed E-state index contributed by atoms with van der Waals surface area (Å²) in [6, 6.07) is 4.04. The Labute approximate surface area is 181 Å². The number of hydrogen-bond acceptors (Lipinski definition) is 6. The summed E-state index contributed by atoms with van der Waals surface area (Å²) in [5.41, 5.74) is 2.60. The Morgan fingerprint density at radius 1 is 1.37 bits per heavy atom. The van der Waals surface area contributed by atoms with E-state index in [-0.39, 0.29) is 11.9 Å². The van der Waals surface area contributed by atoms with Crippen molar-refractivity contribution in [1.29, 1.82) is 0 Å². The first kappa shape index (κ1) is 22.2. The molecule has 0 unspecified atom stereocenters. The van der Waals surface area contributed by atoms with Crippen LogP contribution in [-0.4, -0.2) is 66.8 Å². The third-order valence-corrected chi connectivity index (χ3v) is 5.83. The van der Waals surface area contributed by atoms with Gasteiger partial charge in [0.1, 0.15) is 11.5 Å². The summed E-state index contributed by atoms with van der Waals surface area (Å²) >= 11 is 3.36. The van der Waals surface area contributed by atoms with Crippen LogP contribution in [0.25, 0.3) is 0 Å². The topological polar surface area (TPSA) is 112 Å². The molecule has 1 atom stereocenters. The van der Waals surface area contributed by atoms with Gasteiger partial charge in [-0.25, -0.2) is 14.6 Å². The molecule has 30 heavy (non-hydrogen) atoms. The van der Waals surface area contributed by atoms with Crippen molar-refractivity contribution in [2.45, 2.75) is 31.4 Å². The Morgan fingerprint density at radius 3 is 2.70 bits per heavy atom. The van der Waals surface area contributed by atoms with E-state index in [2.05, 4.69) is 42.0 Å². The summed E-state index contributed by atoms with van der Waals surface area (Å²) in [5, 5.41) is 9.16. The quantitative estimate of drug-likeness (QED) is 0.555. The number of halogens is 2. The van der Waals surface area contributed by atoms with Crippen LogP contribution in [0.2, 0.25) is 0 Å². The van der Waals surface area contributed by atoms with Gasteiger partial charge < -0.3 is 20.3 Å². The number of likely N-dealkylation sites (N-methyl/N-ethyl adjacent to an activating group) is 1. The molecule has 0 aromatic heterocycles. The standard InChI is InChI=1S/C19H23BrFN5O4/c1-11(23-17(28)16(27)22-2)10-26-7-5-19(6-8-26)15(24-25-18(29)30-19)13-4-3-12(21)9-14(13)20/h3-4,9,11H,5-8,10H2,1-2H3,(H,22,27)(H,23,28)(H,25,29)/t11-/m1/s1. The fourth-order valence-corrected chi connectivity index (χ4v) is 4.25. The van der Waals surface area contributed by atoms with E-state index in [0.717, 1.165) is 0 Å². The summed E-state index contributed by atoms with van der Waals surface area (Å²) < 4.78 is 19.7. The van der Waals surface area contributed by atoms with Crippen molar-refractivity contribution in [1.82, 2.24) is 21.0 Å². The number of nitrogens with zero attached hydrogens (tertiary/aromatic N) is 2. The van der Waals surface area contributed by atoms with Crippen LogP contribution in [0.15, 0.2) is 27.8 Å². The van der Waals surface area contributed by atoms with Gasteiger partial charge in [0.2, 0.25) is 0 Å². The van der Waals surface area contributed by atoms with Gasteiger partial charge in [0.25, 0.3) is 0 Å². The Kier molecular flexibility index (Phi) is 6.71. The molecule has 0 bridgehead atoms. The largest absolute Gasteiger partial charge is 0.435 e. The van der Waals surface area contributed by atoms with Gasteiger partial charge in [-0.1, -0.05) is 15.9 Å². The molecule has 2 aliphatic heterocycles. The maximum absolute atomic E-state index is 13.5. The molecule has 2 aliphatic rings. The van der Waals surface area contributed by atoms with Gasteiger partial charge in [0, 0.05) is 55.6 Å². The van der Waals surface area contributed by atoms with Crippen LogP contribution in [0.4, 0.5) is 9.18 Å². The van der Waals surface area contributed by atoms with Crippen LogP contribution in [0.1, 0.15) is 25.3 Å². The van der Waals surface area contributed by atoms with E-state index < -0.39 is 23.5 Å². The number of rotatable bonds is 4. The van der Waals surface area contributed by atoms with Gasteiger partial charge in [-0.05, 0) is 25.1 Å². The van der Waals surface area contributed by atoms with Crippen molar-refractivity contribution in [2.24, 2.45) is 5.10 Å². The normalized spacial score (nSPS) is 19.3. The number of ether oxygens (including phenoxy) is 1. The maximum Gasteiger partial charge on any atom is 0.428 e. The highest BCUT2D eigenvalue weighted by atomic mass is 79.9. The smallest absolute Gasteiger partial charge is 0.428 e. The average Bonchev–Trinajstić information content (AvgIpc) is 2.70. The number of likely N-dealkylation sites (tertiary alicyclic amines) is 1. The number of nitrogens with one attached hydrogen (secondary N) is 3. The Bertz CT molecular complexity index is 886. The third kappa shape index (κ3) is 4.78. The van der Waals surface area contributed by atoms with Crippen molar-refractivity contribution in [3.63, 3.8) is 0 Å². The molecule has 1 spiro atoms. The predicted molar refractivity (Wildman–Crippen MR) is 110 cm³/mol. The van der Waals surface area contributed by atoms with Crippen molar-refractivity contribution >= 4 is 39.5 Å². The molecule has 1 aromatic rings. The summed E-state index contributed by atoms with van der Waals surface area (Å²) in [6.45, 7) is 3.53. The maximum atomic E-state index is 13.5. The molecule has 1 saturated heterocycles. The first-order valence-corrected chi connectivity index (χ1v) is 10.3. The Hall–Kier alpha value is -2.53. The minimum atomic E-state index is -0.923. The number of piperidine rings is 1. The second-order valence-corrected chi connectivity index (χ2v) is 8.19. The minimum absolute atomic E-state index is 0.237. The van der Waals surface area contributed by atoms with E-state index in [9.17, 15) is 18.8 Å². The fourth-order valence-electron chi connectivity index (χ4n) is 3.71. The third-order valence-electron chi connectivity index (χ3n) is 5.17. The first-order valence-electron chi connectivity index (χ1n) is 9.51. The summed E-state index contributed by atoms with van der Waals surface area (Å²) in [6.07, 6.45) is 0.342. The average molecular weight is 484 g/mol. The van der Waals surface area contributed by atoms with Crippen molar-refractivity contribution < 1.29 is 23.5 Å². The van der Waals surface area contributed by atoms with E-state index in [1.54, 1.807) is 6.07 Å². The highest BCUT2D eigenvalue weighted by Crippen LogP contribution is 2.35. The summed E-state index contributed by atoms with van der Waals surface area (Å²) in [5.74, 6) is -1.75. The van der Waals surface area contributed by atoms with Gasteiger partial charge in [-0.3, -0.25) is 9.59 Å². The zero-order chi connectivity index (χ0) is 21.9. The fraction of sp³-hybridized carbons (Fsp3) is 0.474. The van der Waals surface area contributed by atoms with Crippen molar-refractivity contribution in [3.05, 3.63) is 34.1 Å². The molecule has 3 amide bonds.